The summed E-state index contributed by atoms with van der Waals surface area (Å²) in [6.45, 7) is 0. The van der Waals surface area contributed by atoms with Crippen molar-refractivity contribution >= 4 is 22.6 Å². The molecule has 1 N–H and O–H groups in total. The third-order valence-corrected chi connectivity index (χ3v) is 3.78. The summed E-state index contributed by atoms with van der Waals surface area (Å²) in [5.41, 5.74) is 0. The predicted octanol–water partition coefficient (Wildman–Crippen LogP) is 2.20. The summed E-state index contributed by atoms with van der Waals surface area (Å²) in [6, 6.07) is 0. The van der Waals surface area contributed by atoms with Gasteiger partial charge in [-0.2, -0.15) is 0 Å². The highest BCUT2D eigenvalue weighted by molar-refractivity contribution is 14.1. The second kappa shape index (κ2) is 4.02. The molecule has 0 aromatic heterocycles. The quantitative estimate of drug-likeness (QED) is 0.275. The summed E-state index contributed by atoms with van der Waals surface area (Å²) in [7, 11) is 1.58. The molecule has 4 heteroatoms. The van der Waals surface area contributed by atoms with E-state index in [-0.39, 0.29) is 3.92 Å². The SMILES string of the molecule is COC1(OO)CCCC[C@H]1I. The zero-order valence-electron chi connectivity index (χ0n) is 6.55. The number of alkyl halides is 1. The molecule has 1 fully saturated rings. The molecule has 1 rings (SSSR count). The Bertz CT molecular complexity index is 125. The van der Waals surface area contributed by atoms with Crippen LogP contribution in [0, 0.1) is 0 Å². The topological polar surface area (TPSA) is 38.7 Å². The Balaban J connectivity index is 2.61. The van der Waals surface area contributed by atoms with E-state index < -0.39 is 5.79 Å². The van der Waals surface area contributed by atoms with E-state index in [2.05, 4.69) is 27.5 Å². The molecule has 1 aliphatic rings. The molecule has 1 saturated carbocycles. The first-order chi connectivity index (χ1) is 5.25. The lowest BCUT2D eigenvalue weighted by Crippen LogP contribution is -2.45. The van der Waals surface area contributed by atoms with E-state index in [1.807, 2.05) is 0 Å². The van der Waals surface area contributed by atoms with Crippen molar-refractivity contribution in [3.8, 4) is 0 Å². The molecule has 0 aliphatic heterocycles. The highest BCUT2D eigenvalue weighted by atomic mass is 127. The molecule has 1 unspecified atom stereocenters. The lowest BCUT2D eigenvalue weighted by Gasteiger charge is -2.36. The predicted molar refractivity (Wildman–Crippen MR) is 49.7 cm³/mol. The Morgan fingerprint density at radius 2 is 2.27 bits per heavy atom. The smallest absolute Gasteiger partial charge is 0.212 e. The fourth-order valence-electron chi connectivity index (χ4n) is 1.44. The Morgan fingerprint density at radius 1 is 1.55 bits per heavy atom. The Morgan fingerprint density at radius 3 is 2.64 bits per heavy atom. The van der Waals surface area contributed by atoms with Crippen molar-refractivity contribution in [2.75, 3.05) is 7.11 Å². The maximum atomic E-state index is 8.68. The van der Waals surface area contributed by atoms with Crippen LogP contribution >= 0.6 is 22.6 Å². The van der Waals surface area contributed by atoms with Crippen molar-refractivity contribution in [3.05, 3.63) is 0 Å². The van der Waals surface area contributed by atoms with Gasteiger partial charge in [-0.05, 0) is 12.8 Å². The van der Waals surface area contributed by atoms with Crippen LogP contribution in [-0.2, 0) is 9.62 Å². The number of methoxy groups -OCH3 is 1. The average Bonchev–Trinajstić information content (AvgIpc) is 2.06. The second-order valence-corrected chi connectivity index (χ2v) is 4.32. The minimum Gasteiger partial charge on any atom is -0.350 e. The van der Waals surface area contributed by atoms with Crippen LogP contribution in [0.25, 0.3) is 0 Å². The summed E-state index contributed by atoms with van der Waals surface area (Å²) in [6.07, 6.45) is 4.10. The van der Waals surface area contributed by atoms with E-state index in [1.165, 1.54) is 6.42 Å². The minimum atomic E-state index is -0.737. The van der Waals surface area contributed by atoms with Gasteiger partial charge in [0.25, 0.3) is 0 Å². The molecular formula is C7H13IO3. The monoisotopic (exact) mass is 272 g/mol. The molecule has 3 nitrogen and oxygen atoms in total. The number of hydrogen-bond acceptors (Lipinski definition) is 3. The first-order valence-corrected chi connectivity index (χ1v) is 5.01. The maximum Gasteiger partial charge on any atom is 0.212 e. The standard InChI is InChI=1S/C7H13IO3/c1-10-7(11-9)5-3-2-4-6(7)8/h6,9H,2-5H2,1H3/t6-,7?/m1/s1. The van der Waals surface area contributed by atoms with Gasteiger partial charge in [-0.15, -0.1) is 0 Å². The number of hydrogen-bond donors (Lipinski definition) is 1. The van der Waals surface area contributed by atoms with E-state index in [0.29, 0.717) is 0 Å². The molecular weight excluding hydrogens is 259 g/mol. The van der Waals surface area contributed by atoms with Crippen LogP contribution in [0.15, 0.2) is 0 Å². The molecule has 0 heterocycles. The van der Waals surface area contributed by atoms with E-state index in [4.69, 9.17) is 9.99 Å². The van der Waals surface area contributed by atoms with Gasteiger partial charge in [0.15, 0.2) is 0 Å². The maximum absolute atomic E-state index is 8.68. The third kappa shape index (κ3) is 1.85. The van der Waals surface area contributed by atoms with Crippen molar-refractivity contribution in [2.45, 2.75) is 35.4 Å². The van der Waals surface area contributed by atoms with Gasteiger partial charge in [-0.3, -0.25) is 0 Å². The van der Waals surface area contributed by atoms with Gasteiger partial charge in [0.1, 0.15) is 0 Å². The van der Waals surface area contributed by atoms with E-state index in [9.17, 15) is 0 Å². The van der Waals surface area contributed by atoms with Gasteiger partial charge in [0, 0.05) is 13.5 Å². The van der Waals surface area contributed by atoms with E-state index in [1.54, 1.807) is 7.11 Å². The van der Waals surface area contributed by atoms with Gasteiger partial charge in [-0.25, -0.2) is 10.1 Å². The van der Waals surface area contributed by atoms with Crippen LogP contribution in [0.3, 0.4) is 0 Å². The summed E-state index contributed by atoms with van der Waals surface area (Å²) in [5, 5.41) is 8.68. The first kappa shape index (κ1) is 9.70. The lowest BCUT2D eigenvalue weighted by molar-refractivity contribution is -0.401. The Labute approximate surface area is 80.1 Å². The van der Waals surface area contributed by atoms with Crippen molar-refractivity contribution < 1.29 is 14.9 Å². The summed E-state index contributed by atoms with van der Waals surface area (Å²) < 4.78 is 5.41. The van der Waals surface area contributed by atoms with Gasteiger partial charge < -0.3 is 4.74 Å². The highest BCUT2D eigenvalue weighted by Crippen LogP contribution is 2.36. The number of rotatable bonds is 2. The van der Waals surface area contributed by atoms with Crippen LogP contribution in [0.1, 0.15) is 25.7 Å². The number of halogens is 1. The molecule has 1 aliphatic carbocycles. The summed E-state index contributed by atoms with van der Waals surface area (Å²) >= 11 is 2.26. The van der Waals surface area contributed by atoms with Crippen molar-refractivity contribution in [3.63, 3.8) is 0 Å². The minimum absolute atomic E-state index is 0.254. The molecule has 0 aromatic rings. The van der Waals surface area contributed by atoms with Crippen molar-refractivity contribution in [1.29, 1.82) is 0 Å². The van der Waals surface area contributed by atoms with Crippen LogP contribution in [0.2, 0.25) is 0 Å². The van der Waals surface area contributed by atoms with E-state index in [0.717, 1.165) is 19.3 Å². The molecule has 11 heavy (non-hydrogen) atoms. The fourth-order valence-corrected chi connectivity index (χ4v) is 2.56. The van der Waals surface area contributed by atoms with Crippen LogP contribution in [0.4, 0.5) is 0 Å². The highest BCUT2D eigenvalue weighted by Gasteiger charge is 2.41. The Hall–Kier alpha value is 0.610. The van der Waals surface area contributed by atoms with Gasteiger partial charge >= 0.3 is 0 Å². The van der Waals surface area contributed by atoms with Gasteiger partial charge in [0.2, 0.25) is 5.79 Å². The number of ether oxygens (including phenoxy) is 1. The molecule has 0 radical (unpaired) electrons. The first-order valence-electron chi connectivity index (χ1n) is 3.77. The molecule has 0 spiro atoms. The molecule has 0 saturated heterocycles. The molecule has 0 amide bonds. The van der Waals surface area contributed by atoms with Crippen molar-refractivity contribution in [2.24, 2.45) is 0 Å². The van der Waals surface area contributed by atoms with Gasteiger partial charge in [0.05, 0.1) is 3.92 Å². The normalized spacial score (nSPS) is 39.0. The van der Waals surface area contributed by atoms with Crippen molar-refractivity contribution in [1.82, 2.24) is 0 Å². The molecule has 66 valence electrons. The lowest BCUT2D eigenvalue weighted by atomic mass is 9.94. The molecule has 0 aromatic carbocycles. The third-order valence-electron chi connectivity index (χ3n) is 2.21. The summed E-state index contributed by atoms with van der Waals surface area (Å²) in [5.74, 6) is -0.737. The van der Waals surface area contributed by atoms with E-state index >= 15 is 0 Å². The second-order valence-electron chi connectivity index (χ2n) is 2.82. The zero-order chi connectivity index (χ0) is 8.32. The fraction of sp³-hybridized carbons (Fsp3) is 1.00. The largest absolute Gasteiger partial charge is 0.350 e. The van der Waals surface area contributed by atoms with Gasteiger partial charge in [-0.1, -0.05) is 29.0 Å². The van der Waals surface area contributed by atoms with Crippen LogP contribution in [-0.4, -0.2) is 22.1 Å². The zero-order valence-corrected chi connectivity index (χ0v) is 8.70. The average molecular weight is 272 g/mol. The Kier molecular flexibility index (Phi) is 3.54. The van der Waals surface area contributed by atoms with Crippen LogP contribution in [0.5, 0.6) is 0 Å². The molecule has 0 bridgehead atoms. The summed E-state index contributed by atoms with van der Waals surface area (Å²) in [4.78, 5) is 4.41. The molecule has 2 atom stereocenters. The van der Waals surface area contributed by atoms with Crippen LogP contribution < -0.4 is 0 Å².